The molecule has 188 valence electrons. The number of nitrogens with one attached hydrogen (secondary N) is 2. The maximum atomic E-state index is 12.9. The van der Waals surface area contributed by atoms with Crippen LogP contribution in [0.2, 0.25) is 0 Å². The van der Waals surface area contributed by atoms with E-state index in [9.17, 15) is 9.59 Å². The summed E-state index contributed by atoms with van der Waals surface area (Å²) in [4.78, 5) is 26.5. The second-order valence-corrected chi connectivity index (χ2v) is 8.62. The summed E-state index contributed by atoms with van der Waals surface area (Å²) >= 11 is 1.62. The lowest BCUT2D eigenvalue weighted by Gasteiger charge is -2.11. The van der Waals surface area contributed by atoms with Crippen LogP contribution < -0.4 is 20.1 Å². The molecule has 0 aromatic heterocycles. The normalized spacial score (nSPS) is 11.0. The summed E-state index contributed by atoms with van der Waals surface area (Å²) in [5.74, 6) is 0.548. The zero-order chi connectivity index (χ0) is 25.8. The molecular formula is C28H30N2O5S. The Balaban J connectivity index is 1.62. The van der Waals surface area contributed by atoms with Gasteiger partial charge in [-0.05, 0) is 72.0 Å². The van der Waals surface area contributed by atoms with Crippen molar-refractivity contribution in [3.63, 3.8) is 0 Å². The van der Waals surface area contributed by atoms with Gasteiger partial charge in [-0.15, -0.1) is 11.8 Å². The second-order valence-electron chi connectivity index (χ2n) is 7.74. The van der Waals surface area contributed by atoms with E-state index in [0.29, 0.717) is 17.9 Å². The molecule has 7 nitrogen and oxygen atoms in total. The molecule has 0 spiro atoms. The van der Waals surface area contributed by atoms with Crippen LogP contribution in [-0.4, -0.2) is 50.0 Å². The molecular weight excluding hydrogens is 476 g/mol. The number of hydrogen-bond donors (Lipinski definition) is 3. The first-order chi connectivity index (χ1) is 17.5. The van der Waals surface area contributed by atoms with E-state index in [1.54, 1.807) is 49.2 Å². The molecule has 0 aliphatic rings. The predicted molar refractivity (Wildman–Crippen MR) is 142 cm³/mol. The van der Waals surface area contributed by atoms with Crippen LogP contribution in [0.15, 0.2) is 83.4 Å². The number of carbonyl (C=O) groups excluding carboxylic acids is 2. The molecule has 0 bridgehead atoms. The van der Waals surface area contributed by atoms with Crippen molar-refractivity contribution in [2.24, 2.45) is 0 Å². The van der Waals surface area contributed by atoms with Gasteiger partial charge in [-0.2, -0.15) is 0 Å². The van der Waals surface area contributed by atoms with Crippen molar-refractivity contribution in [1.29, 1.82) is 0 Å². The highest BCUT2D eigenvalue weighted by Gasteiger charge is 2.14. The third kappa shape index (κ3) is 8.18. The van der Waals surface area contributed by atoms with E-state index >= 15 is 0 Å². The van der Waals surface area contributed by atoms with Gasteiger partial charge >= 0.3 is 0 Å². The molecule has 3 aromatic rings. The van der Waals surface area contributed by atoms with Crippen LogP contribution in [0.3, 0.4) is 0 Å². The Kier molecular flexibility index (Phi) is 10.4. The zero-order valence-corrected chi connectivity index (χ0v) is 21.1. The Labute approximate surface area is 215 Å². The molecule has 0 saturated carbocycles. The molecule has 8 heteroatoms. The summed E-state index contributed by atoms with van der Waals surface area (Å²) in [6.07, 6.45) is 4.32. The van der Waals surface area contributed by atoms with Gasteiger partial charge in [-0.25, -0.2) is 0 Å². The standard InChI is InChI=1S/C28H30N2O5S/c1-34-23-9-3-20(4-10-23)15-18-35-24-11-7-22(8-12-24)27(32)30-26(28(33)29-16-17-31)19-21-5-13-25(36-2)14-6-21/h3-14,19,31H,15-18H2,1-2H3,(H,29,33)(H,30,32)/b26-19-. The van der Waals surface area contributed by atoms with Crippen molar-refractivity contribution in [2.45, 2.75) is 11.3 Å². The molecule has 3 aromatic carbocycles. The molecule has 0 fully saturated rings. The molecule has 36 heavy (non-hydrogen) atoms. The summed E-state index contributed by atoms with van der Waals surface area (Å²) in [6.45, 7) is 0.375. The molecule has 2 amide bonds. The van der Waals surface area contributed by atoms with Crippen LogP contribution in [0.1, 0.15) is 21.5 Å². The first kappa shape index (κ1) is 26.8. The predicted octanol–water partition coefficient (Wildman–Crippen LogP) is 3.92. The number of amides is 2. The van der Waals surface area contributed by atoms with Gasteiger partial charge in [0.2, 0.25) is 0 Å². The minimum Gasteiger partial charge on any atom is -0.497 e. The van der Waals surface area contributed by atoms with Gasteiger partial charge in [0.15, 0.2) is 0 Å². The fourth-order valence-corrected chi connectivity index (χ4v) is 3.67. The maximum absolute atomic E-state index is 12.9. The third-order valence-electron chi connectivity index (χ3n) is 5.25. The topological polar surface area (TPSA) is 96.9 Å². The van der Waals surface area contributed by atoms with Gasteiger partial charge in [-0.1, -0.05) is 24.3 Å². The number of methoxy groups -OCH3 is 1. The maximum Gasteiger partial charge on any atom is 0.267 e. The number of hydrogen-bond acceptors (Lipinski definition) is 6. The van der Waals surface area contributed by atoms with Crippen LogP contribution in [0.4, 0.5) is 0 Å². The highest BCUT2D eigenvalue weighted by Crippen LogP contribution is 2.17. The summed E-state index contributed by atoms with van der Waals surface area (Å²) < 4.78 is 11.0. The van der Waals surface area contributed by atoms with E-state index < -0.39 is 11.8 Å². The number of ether oxygens (including phenoxy) is 2. The van der Waals surface area contributed by atoms with E-state index in [-0.39, 0.29) is 18.8 Å². The lowest BCUT2D eigenvalue weighted by Crippen LogP contribution is -2.36. The number of aliphatic hydroxyl groups is 1. The molecule has 0 heterocycles. The summed E-state index contributed by atoms with van der Waals surface area (Å²) in [7, 11) is 1.63. The Bertz CT molecular complexity index is 1160. The average molecular weight is 507 g/mol. The monoisotopic (exact) mass is 506 g/mol. The van der Waals surface area contributed by atoms with Crippen molar-refractivity contribution in [3.05, 3.63) is 95.2 Å². The first-order valence-corrected chi connectivity index (χ1v) is 12.7. The Morgan fingerprint density at radius 1 is 0.944 bits per heavy atom. The van der Waals surface area contributed by atoms with Crippen molar-refractivity contribution >= 4 is 29.7 Å². The van der Waals surface area contributed by atoms with Gasteiger partial charge < -0.3 is 25.2 Å². The fourth-order valence-electron chi connectivity index (χ4n) is 3.27. The summed E-state index contributed by atoms with van der Waals surface area (Å²) in [5.41, 5.74) is 2.37. The number of thioether (sulfide) groups is 1. The highest BCUT2D eigenvalue weighted by molar-refractivity contribution is 7.98. The largest absolute Gasteiger partial charge is 0.497 e. The Morgan fingerprint density at radius 2 is 1.61 bits per heavy atom. The quantitative estimate of drug-likeness (QED) is 0.255. The lowest BCUT2D eigenvalue weighted by atomic mass is 10.1. The zero-order valence-electron chi connectivity index (χ0n) is 20.3. The highest BCUT2D eigenvalue weighted by atomic mass is 32.2. The van der Waals surface area contributed by atoms with Gasteiger partial charge in [0, 0.05) is 23.4 Å². The Hall–Kier alpha value is -3.75. The van der Waals surface area contributed by atoms with E-state index in [4.69, 9.17) is 14.6 Å². The molecule has 0 radical (unpaired) electrons. The molecule has 0 atom stereocenters. The van der Waals surface area contributed by atoms with E-state index in [0.717, 1.165) is 28.2 Å². The van der Waals surface area contributed by atoms with Crippen LogP contribution in [-0.2, 0) is 11.2 Å². The first-order valence-electron chi connectivity index (χ1n) is 11.4. The lowest BCUT2D eigenvalue weighted by molar-refractivity contribution is -0.117. The molecule has 3 rings (SSSR count). The minimum absolute atomic E-state index is 0.0834. The smallest absolute Gasteiger partial charge is 0.267 e. The van der Waals surface area contributed by atoms with E-state index in [2.05, 4.69) is 10.6 Å². The van der Waals surface area contributed by atoms with E-state index in [1.165, 1.54) is 0 Å². The van der Waals surface area contributed by atoms with Gasteiger partial charge in [-0.3, -0.25) is 9.59 Å². The molecule has 3 N–H and O–H groups in total. The summed E-state index contributed by atoms with van der Waals surface area (Å²) in [6, 6.07) is 22.2. The van der Waals surface area contributed by atoms with Crippen LogP contribution in [0.5, 0.6) is 11.5 Å². The molecule has 0 saturated heterocycles. The van der Waals surface area contributed by atoms with Gasteiger partial charge in [0.1, 0.15) is 17.2 Å². The number of rotatable bonds is 12. The number of benzene rings is 3. The molecule has 0 aliphatic carbocycles. The van der Waals surface area contributed by atoms with Crippen LogP contribution >= 0.6 is 11.8 Å². The second kappa shape index (κ2) is 14.0. The SMILES string of the molecule is COc1ccc(CCOc2ccc(C(=O)N/C(=C\c3ccc(SC)cc3)C(=O)NCCO)cc2)cc1. The van der Waals surface area contributed by atoms with Crippen molar-refractivity contribution in [3.8, 4) is 11.5 Å². The number of carbonyl (C=O) groups is 2. The van der Waals surface area contributed by atoms with Crippen molar-refractivity contribution in [1.82, 2.24) is 10.6 Å². The average Bonchev–Trinajstić information content (AvgIpc) is 2.92. The van der Waals surface area contributed by atoms with E-state index in [1.807, 2.05) is 54.8 Å². The van der Waals surface area contributed by atoms with Crippen LogP contribution in [0, 0.1) is 0 Å². The third-order valence-corrected chi connectivity index (χ3v) is 6.00. The van der Waals surface area contributed by atoms with Crippen molar-refractivity contribution < 1.29 is 24.2 Å². The Morgan fingerprint density at radius 3 is 2.22 bits per heavy atom. The molecule has 0 aliphatic heterocycles. The minimum atomic E-state index is -0.482. The van der Waals surface area contributed by atoms with Gasteiger partial charge in [0.25, 0.3) is 11.8 Å². The summed E-state index contributed by atoms with van der Waals surface area (Å²) in [5, 5.41) is 14.3. The van der Waals surface area contributed by atoms with Crippen molar-refractivity contribution in [2.75, 3.05) is 33.1 Å². The molecule has 0 unspecified atom stereocenters. The van der Waals surface area contributed by atoms with Gasteiger partial charge in [0.05, 0.1) is 20.3 Å². The number of aliphatic hydroxyl groups excluding tert-OH is 1. The van der Waals surface area contributed by atoms with Crippen LogP contribution in [0.25, 0.3) is 6.08 Å². The fraction of sp³-hybridized carbons (Fsp3) is 0.214.